The summed E-state index contributed by atoms with van der Waals surface area (Å²) in [6, 6.07) is 6.38. The average Bonchev–Trinajstić information content (AvgIpc) is 2.51. The summed E-state index contributed by atoms with van der Waals surface area (Å²) in [5.74, 6) is 0.579. The van der Waals surface area contributed by atoms with E-state index in [1.54, 1.807) is 24.3 Å². The molecule has 1 aliphatic heterocycles. The predicted octanol–water partition coefficient (Wildman–Crippen LogP) is 1.65. The normalized spacial score (nSPS) is 26.8. The minimum atomic E-state index is -4.73. The van der Waals surface area contributed by atoms with Gasteiger partial charge >= 0.3 is 6.18 Å². The lowest BCUT2D eigenvalue weighted by Crippen LogP contribution is -2.55. The van der Waals surface area contributed by atoms with Crippen LogP contribution in [-0.4, -0.2) is 54.5 Å². The van der Waals surface area contributed by atoms with E-state index in [-0.39, 0.29) is 19.6 Å². The van der Waals surface area contributed by atoms with Gasteiger partial charge in [-0.3, -0.25) is 0 Å². The fraction of sp³-hybridized carbons (Fsp3) is 0.600. The van der Waals surface area contributed by atoms with Crippen LogP contribution < -0.4 is 4.74 Å². The van der Waals surface area contributed by atoms with E-state index < -0.39 is 30.6 Å². The molecule has 0 saturated carbocycles. The molecule has 130 valence electrons. The van der Waals surface area contributed by atoms with E-state index in [1.807, 2.05) is 0 Å². The van der Waals surface area contributed by atoms with Crippen molar-refractivity contribution >= 4 is 0 Å². The Morgan fingerprint density at radius 2 is 1.91 bits per heavy atom. The van der Waals surface area contributed by atoms with Gasteiger partial charge in [0.05, 0.1) is 19.8 Å². The lowest BCUT2D eigenvalue weighted by Gasteiger charge is -2.37. The van der Waals surface area contributed by atoms with Crippen LogP contribution in [0.4, 0.5) is 13.2 Å². The topological polar surface area (TPSA) is 68.2 Å². The number of rotatable bonds is 5. The highest BCUT2D eigenvalue weighted by Gasteiger charge is 2.51. The van der Waals surface area contributed by atoms with Crippen molar-refractivity contribution in [3.8, 4) is 5.75 Å². The fourth-order valence-electron chi connectivity index (χ4n) is 2.36. The van der Waals surface area contributed by atoms with Gasteiger partial charge in [0, 0.05) is 6.61 Å². The van der Waals surface area contributed by atoms with Crippen molar-refractivity contribution in [1.29, 1.82) is 0 Å². The Labute approximate surface area is 131 Å². The summed E-state index contributed by atoms with van der Waals surface area (Å²) in [5.41, 5.74) is 0.519. The van der Waals surface area contributed by atoms with Crippen molar-refractivity contribution in [3.05, 3.63) is 29.8 Å². The third-order valence-electron chi connectivity index (χ3n) is 3.66. The molecule has 1 aromatic carbocycles. The first kappa shape index (κ1) is 18.0. The molecule has 23 heavy (non-hydrogen) atoms. The zero-order valence-electron chi connectivity index (χ0n) is 12.5. The number of hydrogen-bond donors (Lipinski definition) is 2. The van der Waals surface area contributed by atoms with Gasteiger partial charge in [0.2, 0.25) is 0 Å². The van der Waals surface area contributed by atoms with Gasteiger partial charge in [0.15, 0.2) is 6.10 Å². The summed E-state index contributed by atoms with van der Waals surface area (Å²) >= 11 is 0. The second-order valence-corrected chi connectivity index (χ2v) is 5.30. The van der Waals surface area contributed by atoms with Crippen molar-refractivity contribution in [2.45, 2.75) is 43.6 Å². The zero-order valence-corrected chi connectivity index (χ0v) is 12.5. The molecule has 5 nitrogen and oxygen atoms in total. The number of hydrogen-bond acceptors (Lipinski definition) is 5. The quantitative estimate of drug-likeness (QED) is 0.856. The molecular weight excluding hydrogens is 317 g/mol. The summed E-state index contributed by atoms with van der Waals surface area (Å²) in [4.78, 5) is 0. The Hall–Kier alpha value is -1.35. The molecule has 2 N–H and O–H groups in total. The average molecular weight is 336 g/mol. The SMILES string of the molecule is COc1ccc(CO[C@H]([C@H]2OCC[C@@H](O)[C@@H]2O)C(F)(F)F)cc1. The molecule has 0 spiro atoms. The minimum absolute atomic E-state index is 0.0681. The molecule has 1 saturated heterocycles. The van der Waals surface area contributed by atoms with Crippen molar-refractivity contribution in [2.75, 3.05) is 13.7 Å². The van der Waals surface area contributed by atoms with Crippen molar-refractivity contribution in [3.63, 3.8) is 0 Å². The van der Waals surface area contributed by atoms with Gasteiger partial charge in [-0.05, 0) is 24.1 Å². The van der Waals surface area contributed by atoms with Gasteiger partial charge in [-0.25, -0.2) is 0 Å². The third kappa shape index (κ3) is 4.57. The Morgan fingerprint density at radius 3 is 2.48 bits per heavy atom. The van der Waals surface area contributed by atoms with Crippen LogP contribution in [0, 0.1) is 0 Å². The summed E-state index contributed by atoms with van der Waals surface area (Å²) in [5, 5.41) is 19.3. The summed E-state index contributed by atoms with van der Waals surface area (Å²) < 4.78 is 54.6. The van der Waals surface area contributed by atoms with Crippen LogP contribution in [0.2, 0.25) is 0 Å². The molecule has 1 heterocycles. The van der Waals surface area contributed by atoms with Crippen LogP contribution >= 0.6 is 0 Å². The Morgan fingerprint density at radius 1 is 1.26 bits per heavy atom. The van der Waals surface area contributed by atoms with Crippen LogP contribution in [0.1, 0.15) is 12.0 Å². The standard InChI is InChI=1S/C15H19F3O5/c1-21-10-4-2-9(3-5-10)8-23-14(15(16,17)18)13-12(20)11(19)6-7-22-13/h2-5,11-14,19-20H,6-8H2,1H3/t11-,12+,13+,14-/m1/s1. The highest BCUT2D eigenvalue weighted by Crippen LogP contribution is 2.32. The monoisotopic (exact) mass is 336 g/mol. The van der Waals surface area contributed by atoms with E-state index >= 15 is 0 Å². The number of benzene rings is 1. The maximum Gasteiger partial charge on any atom is 0.417 e. The largest absolute Gasteiger partial charge is 0.497 e. The lowest BCUT2D eigenvalue weighted by atomic mass is 9.97. The minimum Gasteiger partial charge on any atom is -0.497 e. The zero-order chi connectivity index (χ0) is 17.0. The first-order valence-electron chi connectivity index (χ1n) is 7.12. The van der Waals surface area contributed by atoms with Crippen molar-refractivity contribution in [1.82, 2.24) is 0 Å². The molecule has 0 aromatic heterocycles. The van der Waals surface area contributed by atoms with Crippen LogP contribution in [0.15, 0.2) is 24.3 Å². The number of methoxy groups -OCH3 is 1. The van der Waals surface area contributed by atoms with Crippen LogP contribution in [-0.2, 0) is 16.1 Å². The molecule has 1 aliphatic rings. The highest BCUT2D eigenvalue weighted by molar-refractivity contribution is 5.26. The molecule has 1 fully saturated rings. The van der Waals surface area contributed by atoms with Gasteiger partial charge in [0.25, 0.3) is 0 Å². The van der Waals surface area contributed by atoms with Crippen molar-refractivity contribution in [2.24, 2.45) is 0 Å². The van der Waals surface area contributed by atoms with E-state index in [1.165, 1.54) is 7.11 Å². The second kappa shape index (κ2) is 7.48. The van der Waals surface area contributed by atoms with Gasteiger partial charge in [-0.15, -0.1) is 0 Å². The van der Waals surface area contributed by atoms with Crippen LogP contribution in [0.5, 0.6) is 5.75 Å². The number of ether oxygens (including phenoxy) is 3. The van der Waals surface area contributed by atoms with E-state index in [2.05, 4.69) is 0 Å². The molecule has 2 rings (SSSR count). The highest BCUT2D eigenvalue weighted by atomic mass is 19.4. The number of halogens is 3. The molecule has 0 aliphatic carbocycles. The Balaban J connectivity index is 2.06. The van der Waals surface area contributed by atoms with Gasteiger partial charge in [-0.1, -0.05) is 12.1 Å². The predicted molar refractivity (Wildman–Crippen MR) is 74.0 cm³/mol. The number of alkyl halides is 3. The summed E-state index contributed by atoms with van der Waals surface area (Å²) in [6.07, 6.45) is -11.5. The summed E-state index contributed by atoms with van der Waals surface area (Å²) in [6.45, 7) is -0.377. The van der Waals surface area contributed by atoms with Gasteiger partial charge in [0.1, 0.15) is 18.0 Å². The Kier molecular flexibility index (Phi) is 5.85. The third-order valence-corrected chi connectivity index (χ3v) is 3.66. The van der Waals surface area contributed by atoms with Crippen LogP contribution in [0.25, 0.3) is 0 Å². The maximum atomic E-state index is 13.2. The van der Waals surface area contributed by atoms with E-state index in [0.717, 1.165) is 0 Å². The van der Waals surface area contributed by atoms with E-state index in [4.69, 9.17) is 14.2 Å². The molecule has 0 amide bonds. The maximum absolute atomic E-state index is 13.2. The van der Waals surface area contributed by atoms with Crippen molar-refractivity contribution < 1.29 is 37.6 Å². The van der Waals surface area contributed by atoms with E-state index in [9.17, 15) is 23.4 Å². The molecular formula is C15H19F3O5. The first-order valence-corrected chi connectivity index (χ1v) is 7.12. The first-order chi connectivity index (χ1) is 10.8. The van der Waals surface area contributed by atoms with Crippen LogP contribution in [0.3, 0.4) is 0 Å². The molecule has 8 heteroatoms. The smallest absolute Gasteiger partial charge is 0.417 e. The number of aliphatic hydroxyl groups excluding tert-OH is 2. The summed E-state index contributed by atoms with van der Waals surface area (Å²) in [7, 11) is 1.48. The molecule has 0 unspecified atom stereocenters. The lowest BCUT2D eigenvalue weighted by molar-refractivity contribution is -0.282. The molecule has 0 bridgehead atoms. The molecule has 0 radical (unpaired) electrons. The molecule has 4 atom stereocenters. The van der Waals surface area contributed by atoms with Gasteiger partial charge < -0.3 is 24.4 Å². The van der Waals surface area contributed by atoms with Gasteiger partial charge in [-0.2, -0.15) is 13.2 Å². The Bertz CT molecular complexity index is 491. The second-order valence-electron chi connectivity index (χ2n) is 5.30. The molecule has 1 aromatic rings. The van der Waals surface area contributed by atoms with E-state index in [0.29, 0.717) is 11.3 Å². The number of aliphatic hydroxyl groups is 2. The fourth-order valence-corrected chi connectivity index (χ4v) is 2.36.